The minimum atomic E-state index is -1.28. The van der Waals surface area contributed by atoms with E-state index in [0.29, 0.717) is 6.54 Å². The van der Waals surface area contributed by atoms with E-state index in [1.54, 1.807) is 12.5 Å². The van der Waals surface area contributed by atoms with E-state index in [0.717, 1.165) is 11.8 Å². The highest BCUT2D eigenvalue weighted by molar-refractivity contribution is 5.91. The van der Waals surface area contributed by atoms with Crippen LogP contribution in [0.4, 0.5) is 5.69 Å². The largest absolute Gasteiger partial charge is 0.486 e. The third-order valence-corrected chi connectivity index (χ3v) is 2.92. The van der Waals surface area contributed by atoms with E-state index in [4.69, 9.17) is 9.84 Å². The summed E-state index contributed by atoms with van der Waals surface area (Å²) in [6.45, 7) is 2.79. The van der Waals surface area contributed by atoms with E-state index < -0.39 is 10.9 Å². The molecule has 0 fully saturated rings. The Morgan fingerprint density at radius 2 is 2.29 bits per heavy atom. The first-order valence-corrected chi connectivity index (χ1v) is 6.16. The first-order chi connectivity index (χ1) is 10.0. The second-order valence-corrected chi connectivity index (χ2v) is 4.20. The van der Waals surface area contributed by atoms with Crippen molar-refractivity contribution in [2.45, 2.75) is 20.1 Å². The predicted octanol–water partition coefficient (Wildman–Crippen LogP) is 2.09. The third kappa shape index (κ3) is 3.16. The van der Waals surface area contributed by atoms with Crippen LogP contribution in [0.3, 0.4) is 0 Å². The number of hydrogen-bond donors (Lipinski definition) is 1. The molecule has 110 valence electrons. The molecule has 0 saturated heterocycles. The number of aromatic carboxylic acids is 1. The van der Waals surface area contributed by atoms with Gasteiger partial charge in [-0.3, -0.25) is 10.1 Å². The number of nitrogens with zero attached hydrogens (tertiary/aromatic N) is 3. The van der Waals surface area contributed by atoms with Gasteiger partial charge in [-0.1, -0.05) is 0 Å². The molecule has 0 bridgehead atoms. The average molecular weight is 291 g/mol. The number of aryl methyl sites for hydroxylation is 1. The van der Waals surface area contributed by atoms with Gasteiger partial charge in [0.15, 0.2) is 0 Å². The summed E-state index contributed by atoms with van der Waals surface area (Å²) in [6, 6.07) is 3.47. The summed E-state index contributed by atoms with van der Waals surface area (Å²) < 4.78 is 7.31. The molecule has 0 spiro atoms. The van der Waals surface area contributed by atoms with E-state index >= 15 is 0 Å². The van der Waals surface area contributed by atoms with E-state index in [1.807, 2.05) is 11.5 Å². The summed E-state index contributed by atoms with van der Waals surface area (Å²) in [5, 5.41) is 19.8. The lowest BCUT2D eigenvalue weighted by molar-refractivity contribution is -0.384. The van der Waals surface area contributed by atoms with Crippen molar-refractivity contribution in [2.24, 2.45) is 0 Å². The molecule has 0 saturated carbocycles. The third-order valence-electron chi connectivity index (χ3n) is 2.92. The Morgan fingerprint density at radius 3 is 2.90 bits per heavy atom. The molecule has 0 amide bonds. The van der Waals surface area contributed by atoms with Crippen molar-refractivity contribution in [2.75, 3.05) is 0 Å². The molecule has 2 aromatic rings. The standard InChI is InChI=1S/C13H13N3O5/c1-2-15-8-14-6-10(15)7-21-12-4-3-9(16(19)20)5-11(12)13(17)18/h3-6,8H,2,7H2,1H3,(H,17,18). The zero-order valence-corrected chi connectivity index (χ0v) is 11.2. The molecule has 0 aliphatic heterocycles. The summed E-state index contributed by atoms with van der Waals surface area (Å²) in [5.41, 5.74) is 0.248. The van der Waals surface area contributed by atoms with Crippen molar-refractivity contribution in [3.63, 3.8) is 0 Å². The van der Waals surface area contributed by atoms with E-state index in [9.17, 15) is 14.9 Å². The van der Waals surface area contributed by atoms with E-state index in [1.165, 1.54) is 12.1 Å². The Bertz CT molecular complexity index is 680. The van der Waals surface area contributed by atoms with Gasteiger partial charge in [-0.25, -0.2) is 9.78 Å². The lowest BCUT2D eigenvalue weighted by Gasteiger charge is -2.10. The van der Waals surface area contributed by atoms with Crippen LogP contribution in [0.25, 0.3) is 0 Å². The maximum atomic E-state index is 11.2. The molecule has 0 aliphatic rings. The van der Waals surface area contributed by atoms with E-state index in [2.05, 4.69) is 4.98 Å². The molecule has 8 heteroatoms. The fourth-order valence-corrected chi connectivity index (χ4v) is 1.83. The number of rotatable bonds is 6. The Morgan fingerprint density at radius 1 is 1.52 bits per heavy atom. The Balaban J connectivity index is 2.23. The number of carboxylic acid groups (broad SMARTS) is 1. The molecule has 0 unspecified atom stereocenters. The fraction of sp³-hybridized carbons (Fsp3) is 0.231. The van der Waals surface area contributed by atoms with Crippen molar-refractivity contribution >= 4 is 11.7 Å². The lowest BCUT2D eigenvalue weighted by Crippen LogP contribution is -2.07. The number of ether oxygens (including phenoxy) is 1. The van der Waals surface area contributed by atoms with Crippen LogP contribution in [0.15, 0.2) is 30.7 Å². The lowest BCUT2D eigenvalue weighted by atomic mass is 10.2. The zero-order chi connectivity index (χ0) is 15.4. The number of nitro benzene ring substituents is 1. The summed E-state index contributed by atoms with van der Waals surface area (Å²) in [7, 11) is 0. The Kier molecular flexibility index (Phi) is 4.17. The van der Waals surface area contributed by atoms with Crippen LogP contribution in [0.5, 0.6) is 5.75 Å². The minimum Gasteiger partial charge on any atom is -0.486 e. The topological polar surface area (TPSA) is 107 Å². The molecule has 0 radical (unpaired) electrons. The van der Waals surface area contributed by atoms with Crippen molar-refractivity contribution in [1.29, 1.82) is 0 Å². The highest BCUT2D eigenvalue weighted by atomic mass is 16.6. The quantitative estimate of drug-likeness (QED) is 0.645. The van der Waals surface area contributed by atoms with Crippen LogP contribution in [-0.4, -0.2) is 25.6 Å². The molecule has 21 heavy (non-hydrogen) atoms. The van der Waals surface area contributed by atoms with Crippen LogP contribution < -0.4 is 4.74 Å². The Labute approximate surface area is 119 Å². The van der Waals surface area contributed by atoms with Crippen LogP contribution >= 0.6 is 0 Å². The number of aromatic nitrogens is 2. The van der Waals surface area contributed by atoms with E-state index in [-0.39, 0.29) is 23.6 Å². The molecule has 1 heterocycles. The van der Waals surface area contributed by atoms with Crippen LogP contribution in [0.1, 0.15) is 23.0 Å². The second-order valence-electron chi connectivity index (χ2n) is 4.20. The van der Waals surface area contributed by atoms with Crippen molar-refractivity contribution in [1.82, 2.24) is 9.55 Å². The average Bonchev–Trinajstić information content (AvgIpc) is 2.92. The first-order valence-electron chi connectivity index (χ1n) is 6.16. The Hall–Kier alpha value is -2.90. The first kappa shape index (κ1) is 14.5. The molecule has 0 aliphatic carbocycles. The second kappa shape index (κ2) is 6.04. The zero-order valence-electron chi connectivity index (χ0n) is 11.2. The van der Waals surface area contributed by atoms with Crippen LogP contribution in [-0.2, 0) is 13.2 Å². The number of non-ortho nitro benzene ring substituents is 1. The fourth-order valence-electron chi connectivity index (χ4n) is 1.83. The highest BCUT2D eigenvalue weighted by Gasteiger charge is 2.17. The highest BCUT2D eigenvalue weighted by Crippen LogP contribution is 2.25. The van der Waals surface area contributed by atoms with Gasteiger partial charge in [0.1, 0.15) is 17.9 Å². The van der Waals surface area contributed by atoms with Crippen molar-refractivity contribution in [3.8, 4) is 5.75 Å². The van der Waals surface area contributed by atoms with Gasteiger partial charge < -0.3 is 14.4 Å². The van der Waals surface area contributed by atoms with Crippen LogP contribution in [0.2, 0.25) is 0 Å². The van der Waals surface area contributed by atoms with Gasteiger partial charge in [-0.2, -0.15) is 0 Å². The number of carboxylic acids is 1. The molecule has 0 atom stereocenters. The normalized spacial score (nSPS) is 10.3. The number of nitro groups is 1. The summed E-state index contributed by atoms with van der Waals surface area (Å²) in [5.74, 6) is -1.20. The van der Waals surface area contributed by atoms with Gasteiger partial charge in [0, 0.05) is 18.7 Å². The monoisotopic (exact) mass is 291 g/mol. The number of benzene rings is 1. The van der Waals surface area contributed by atoms with Gasteiger partial charge in [0.2, 0.25) is 0 Å². The number of imidazole rings is 1. The van der Waals surface area contributed by atoms with Gasteiger partial charge in [-0.15, -0.1) is 0 Å². The predicted molar refractivity (Wildman–Crippen MR) is 72.3 cm³/mol. The molecule has 1 aromatic carbocycles. The minimum absolute atomic E-state index is 0.0805. The number of carbonyl (C=O) groups is 1. The van der Waals surface area contributed by atoms with Crippen molar-refractivity contribution < 1.29 is 19.6 Å². The molecular weight excluding hydrogens is 278 g/mol. The molecule has 2 rings (SSSR count). The van der Waals surface area contributed by atoms with Gasteiger partial charge in [0.05, 0.1) is 23.1 Å². The molecular formula is C13H13N3O5. The smallest absolute Gasteiger partial charge is 0.339 e. The molecule has 1 N–H and O–H groups in total. The molecule has 1 aromatic heterocycles. The summed E-state index contributed by atoms with van der Waals surface area (Å²) in [6.07, 6.45) is 3.27. The number of hydrogen-bond acceptors (Lipinski definition) is 5. The van der Waals surface area contributed by atoms with Gasteiger partial charge in [-0.05, 0) is 13.0 Å². The van der Waals surface area contributed by atoms with Gasteiger partial charge in [0.25, 0.3) is 5.69 Å². The summed E-state index contributed by atoms with van der Waals surface area (Å²) in [4.78, 5) is 25.2. The van der Waals surface area contributed by atoms with Gasteiger partial charge >= 0.3 is 5.97 Å². The molecule has 8 nitrogen and oxygen atoms in total. The maximum Gasteiger partial charge on any atom is 0.339 e. The maximum absolute atomic E-state index is 11.2. The van der Waals surface area contributed by atoms with Crippen molar-refractivity contribution in [3.05, 3.63) is 52.1 Å². The SMILES string of the molecule is CCn1cncc1COc1ccc([N+](=O)[O-])cc1C(=O)O. The van der Waals surface area contributed by atoms with Crippen LogP contribution in [0, 0.1) is 10.1 Å². The summed E-state index contributed by atoms with van der Waals surface area (Å²) >= 11 is 0.